The third-order valence-corrected chi connectivity index (χ3v) is 6.35. The number of ether oxygens (including phenoxy) is 2. The lowest BCUT2D eigenvalue weighted by Crippen LogP contribution is -2.52. The summed E-state index contributed by atoms with van der Waals surface area (Å²) in [5.74, 6) is 2.47. The third kappa shape index (κ3) is 3.57. The van der Waals surface area contributed by atoms with Crippen molar-refractivity contribution >= 4 is 17.7 Å². The van der Waals surface area contributed by atoms with E-state index in [-0.39, 0.29) is 17.5 Å². The summed E-state index contributed by atoms with van der Waals surface area (Å²) in [6.45, 7) is 5.27. The minimum atomic E-state index is 0.000365. The Morgan fingerprint density at radius 1 is 1.48 bits per heavy atom. The number of rotatable bonds is 3. The zero-order chi connectivity index (χ0) is 14.7. The van der Waals surface area contributed by atoms with E-state index in [1.165, 1.54) is 12.2 Å². The van der Waals surface area contributed by atoms with Gasteiger partial charge in [0.25, 0.3) is 0 Å². The quantitative estimate of drug-likeness (QED) is 0.748. The van der Waals surface area contributed by atoms with Gasteiger partial charge < -0.3 is 9.47 Å². The molecule has 21 heavy (non-hydrogen) atoms. The zero-order valence-corrected chi connectivity index (χ0v) is 13.8. The molecule has 3 saturated heterocycles. The van der Waals surface area contributed by atoms with Gasteiger partial charge in [0.1, 0.15) is 0 Å². The minimum Gasteiger partial charge on any atom is -0.466 e. The minimum absolute atomic E-state index is 0.000365. The van der Waals surface area contributed by atoms with Gasteiger partial charge in [-0.15, -0.1) is 0 Å². The van der Waals surface area contributed by atoms with Gasteiger partial charge in [0.15, 0.2) is 0 Å². The number of thioether (sulfide) groups is 1. The van der Waals surface area contributed by atoms with Crippen LogP contribution in [0.4, 0.5) is 0 Å². The van der Waals surface area contributed by atoms with Crippen LogP contribution in [0, 0.1) is 5.92 Å². The first-order valence-corrected chi connectivity index (χ1v) is 9.50. The van der Waals surface area contributed by atoms with Crippen LogP contribution in [0.15, 0.2) is 0 Å². The highest BCUT2D eigenvalue weighted by molar-refractivity contribution is 7.99. The fourth-order valence-corrected chi connectivity index (χ4v) is 5.35. The summed E-state index contributed by atoms with van der Waals surface area (Å²) in [6.07, 6.45) is 5.56. The van der Waals surface area contributed by atoms with Crippen molar-refractivity contribution in [1.29, 1.82) is 0 Å². The van der Waals surface area contributed by atoms with Crippen molar-refractivity contribution in [3.63, 3.8) is 0 Å². The number of piperidine rings is 1. The lowest BCUT2D eigenvalue weighted by Gasteiger charge is -2.45. The molecule has 3 unspecified atom stereocenters. The normalized spacial score (nSPS) is 37.8. The second-order valence-electron chi connectivity index (χ2n) is 6.57. The monoisotopic (exact) mass is 313 g/mol. The van der Waals surface area contributed by atoms with Crippen LogP contribution in [0.1, 0.15) is 39.0 Å². The van der Waals surface area contributed by atoms with Gasteiger partial charge in [-0.25, -0.2) is 0 Å². The highest BCUT2D eigenvalue weighted by Crippen LogP contribution is 2.40. The van der Waals surface area contributed by atoms with E-state index in [9.17, 15) is 4.79 Å². The fraction of sp³-hybridized carbons (Fsp3) is 0.938. The van der Waals surface area contributed by atoms with Crippen LogP contribution >= 0.6 is 11.8 Å². The molecule has 0 aliphatic carbocycles. The number of carbonyl (C=O) groups is 1. The van der Waals surface area contributed by atoms with Crippen LogP contribution in [0.25, 0.3) is 0 Å². The molecular formula is C16H27NO3S. The average molecular weight is 313 g/mol. The van der Waals surface area contributed by atoms with Crippen molar-refractivity contribution in [2.75, 3.05) is 37.8 Å². The molecule has 0 aromatic carbocycles. The van der Waals surface area contributed by atoms with Crippen LogP contribution < -0.4 is 0 Å². The molecule has 0 bridgehead atoms. The van der Waals surface area contributed by atoms with E-state index in [1.54, 1.807) is 0 Å². The Hall–Kier alpha value is -0.260. The highest BCUT2D eigenvalue weighted by Gasteiger charge is 2.43. The van der Waals surface area contributed by atoms with Gasteiger partial charge in [0.2, 0.25) is 0 Å². The molecule has 4 nitrogen and oxygen atoms in total. The number of nitrogens with zero attached hydrogens (tertiary/aromatic N) is 1. The fourth-order valence-electron chi connectivity index (χ4n) is 3.97. The standard InChI is InChI=1S/C16H27NO3S/c1-2-19-15(18)13-4-3-7-17(11-13)14-5-8-20-16(10-14)6-9-21-12-16/h13-14H,2-12H2,1H3. The Bertz CT molecular complexity index is 371. The lowest BCUT2D eigenvalue weighted by molar-refractivity contribution is -0.151. The van der Waals surface area contributed by atoms with Crippen LogP contribution in [0.3, 0.4) is 0 Å². The maximum Gasteiger partial charge on any atom is 0.310 e. The number of hydrogen-bond donors (Lipinski definition) is 0. The van der Waals surface area contributed by atoms with Crippen molar-refractivity contribution in [1.82, 2.24) is 4.90 Å². The Morgan fingerprint density at radius 2 is 2.38 bits per heavy atom. The summed E-state index contributed by atoms with van der Waals surface area (Å²) in [5.41, 5.74) is 0.129. The topological polar surface area (TPSA) is 38.8 Å². The number of carbonyl (C=O) groups excluding carboxylic acids is 1. The van der Waals surface area contributed by atoms with Gasteiger partial charge in [-0.1, -0.05) is 0 Å². The first-order chi connectivity index (χ1) is 10.2. The molecule has 0 saturated carbocycles. The third-order valence-electron chi connectivity index (χ3n) is 5.12. The molecule has 0 amide bonds. The maximum atomic E-state index is 12.0. The van der Waals surface area contributed by atoms with E-state index in [0.717, 1.165) is 51.1 Å². The van der Waals surface area contributed by atoms with E-state index >= 15 is 0 Å². The molecule has 0 radical (unpaired) electrons. The van der Waals surface area contributed by atoms with Crippen molar-refractivity contribution in [3.8, 4) is 0 Å². The van der Waals surface area contributed by atoms with Crippen molar-refractivity contribution in [3.05, 3.63) is 0 Å². The number of hydrogen-bond acceptors (Lipinski definition) is 5. The summed E-state index contributed by atoms with van der Waals surface area (Å²) in [7, 11) is 0. The molecule has 3 heterocycles. The summed E-state index contributed by atoms with van der Waals surface area (Å²) in [5, 5.41) is 0. The first kappa shape index (κ1) is 15.6. The Balaban J connectivity index is 1.59. The van der Waals surface area contributed by atoms with Gasteiger partial charge in [-0.2, -0.15) is 11.8 Å². The molecule has 3 rings (SSSR count). The van der Waals surface area contributed by atoms with Gasteiger partial charge in [-0.05, 0) is 51.3 Å². The Labute approximate surface area is 131 Å². The number of likely N-dealkylation sites (tertiary alicyclic amines) is 1. The summed E-state index contributed by atoms with van der Waals surface area (Å²) < 4.78 is 11.3. The van der Waals surface area contributed by atoms with Gasteiger partial charge in [-0.3, -0.25) is 9.69 Å². The predicted molar refractivity (Wildman–Crippen MR) is 84.6 cm³/mol. The molecule has 3 fully saturated rings. The predicted octanol–water partition coefficient (Wildman–Crippen LogP) is 2.32. The summed E-state index contributed by atoms with van der Waals surface area (Å²) in [6, 6.07) is 0.592. The van der Waals surface area contributed by atoms with Crippen LogP contribution in [-0.2, 0) is 14.3 Å². The Morgan fingerprint density at radius 3 is 3.14 bits per heavy atom. The smallest absolute Gasteiger partial charge is 0.310 e. The lowest BCUT2D eigenvalue weighted by atomic mass is 9.87. The maximum absolute atomic E-state index is 12.0. The zero-order valence-electron chi connectivity index (χ0n) is 13.0. The van der Waals surface area contributed by atoms with Crippen LogP contribution in [0.5, 0.6) is 0 Å². The molecule has 5 heteroatoms. The molecule has 0 aromatic heterocycles. The van der Waals surface area contributed by atoms with Crippen LogP contribution in [-0.4, -0.2) is 60.3 Å². The highest BCUT2D eigenvalue weighted by atomic mass is 32.2. The molecule has 3 aliphatic heterocycles. The number of esters is 1. The largest absolute Gasteiger partial charge is 0.466 e. The second-order valence-corrected chi connectivity index (χ2v) is 7.67. The second kappa shape index (κ2) is 6.88. The van der Waals surface area contributed by atoms with Gasteiger partial charge in [0, 0.05) is 24.9 Å². The van der Waals surface area contributed by atoms with E-state index in [2.05, 4.69) is 4.90 Å². The SMILES string of the molecule is CCOC(=O)C1CCCN(C2CCOC3(CCSC3)C2)C1. The molecule has 1 spiro atoms. The van der Waals surface area contributed by atoms with E-state index in [4.69, 9.17) is 9.47 Å². The Kier molecular flexibility index (Phi) is 5.12. The van der Waals surface area contributed by atoms with Crippen LogP contribution in [0.2, 0.25) is 0 Å². The summed E-state index contributed by atoms with van der Waals surface area (Å²) in [4.78, 5) is 14.5. The first-order valence-electron chi connectivity index (χ1n) is 8.35. The van der Waals surface area contributed by atoms with E-state index in [0.29, 0.717) is 12.6 Å². The molecule has 0 aromatic rings. The van der Waals surface area contributed by atoms with Crippen molar-refractivity contribution < 1.29 is 14.3 Å². The molecule has 3 aliphatic rings. The van der Waals surface area contributed by atoms with Crippen molar-refractivity contribution in [2.24, 2.45) is 5.92 Å². The molecule has 0 N–H and O–H groups in total. The molecule has 3 atom stereocenters. The van der Waals surface area contributed by atoms with E-state index in [1.807, 2.05) is 18.7 Å². The summed E-state index contributed by atoms with van der Waals surface area (Å²) >= 11 is 2.02. The van der Waals surface area contributed by atoms with E-state index < -0.39 is 0 Å². The van der Waals surface area contributed by atoms with Crippen molar-refractivity contribution in [2.45, 2.75) is 50.7 Å². The molecular weight excluding hydrogens is 286 g/mol. The van der Waals surface area contributed by atoms with Gasteiger partial charge >= 0.3 is 5.97 Å². The average Bonchev–Trinajstić information content (AvgIpc) is 2.95. The molecule has 120 valence electrons. The van der Waals surface area contributed by atoms with Gasteiger partial charge in [0.05, 0.1) is 18.1 Å².